The molecule has 1 fully saturated rings. The van der Waals surface area contributed by atoms with Crippen molar-refractivity contribution in [1.82, 2.24) is 24.6 Å². The number of hydrogen-bond donors (Lipinski definition) is 0. The molecule has 1 amide bonds. The van der Waals surface area contributed by atoms with Gasteiger partial charge in [0.1, 0.15) is 11.5 Å². The highest BCUT2D eigenvalue weighted by Crippen LogP contribution is 2.29. The number of carbonyl (C=O) groups excluding carboxylic acids is 1. The van der Waals surface area contributed by atoms with Crippen LogP contribution in [0.1, 0.15) is 40.8 Å². The second-order valence-corrected chi connectivity index (χ2v) is 7.64. The zero-order valence-electron chi connectivity index (χ0n) is 14.9. The minimum Gasteiger partial charge on any atom is -0.337 e. The molecule has 3 aromatic heterocycles. The number of aromatic nitrogens is 4. The Hall–Kier alpha value is -2.54. The topological polar surface area (TPSA) is 63.9 Å². The van der Waals surface area contributed by atoms with E-state index in [0.717, 1.165) is 41.5 Å². The van der Waals surface area contributed by atoms with E-state index in [1.54, 1.807) is 28.3 Å². The molecule has 1 aliphatic heterocycles. The molecule has 0 radical (unpaired) electrons. The van der Waals surface area contributed by atoms with Crippen molar-refractivity contribution >= 4 is 17.2 Å². The Balaban J connectivity index is 1.57. The molecule has 7 heteroatoms. The molecule has 6 nitrogen and oxygen atoms in total. The fourth-order valence-electron chi connectivity index (χ4n) is 3.39. The summed E-state index contributed by atoms with van der Waals surface area (Å²) in [7, 11) is 1.82. The Bertz CT molecular complexity index is 918. The van der Waals surface area contributed by atoms with Gasteiger partial charge in [0.2, 0.25) is 0 Å². The van der Waals surface area contributed by atoms with E-state index in [2.05, 4.69) is 21.5 Å². The van der Waals surface area contributed by atoms with E-state index in [1.807, 2.05) is 31.0 Å². The predicted octanol–water partition coefficient (Wildman–Crippen LogP) is 3.27. The third-order valence-electron chi connectivity index (χ3n) is 4.65. The third-order valence-corrected chi connectivity index (χ3v) is 5.54. The van der Waals surface area contributed by atoms with Crippen LogP contribution in [0.25, 0.3) is 10.6 Å². The van der Waals surface area contributed by atoms with Gasteiger partial charge >= 0.3 is 0 Å². The van der Waals surface area contributed by atoms with Gasteiger partial charge in [0.05, 0.1) is 10.6 Å². The fraction of sp³-hybridized carbons (Fsp3) is 0.368. The zero-order valence-corrected chi connectivity index (χ0v) is 15.7. The van der Waals surface area contributed by atoms with Gasteiger partial charge in [-0.25, -0.2) is 9.97 Å². The van der Waals surface area contributed by atoms with E-state index in [-0.39, 0.29) is 11.8 Å². The van der Waals surface area contributed by atoms with Crippen molar-refractivity contribution in [3.05, 3.63) is 53.1 Å². The van der Waals surface area contributed by atoms with E-state index < -0.39 is 0 Å². The number of piperidine rings is 1. The number of rotatable bonds is 3. The lowest BCUT2D eigenvalue weighted by atomic mass is 9.96. The Morgan fingerprint density at radius 2 is 2.19 bits per heavy atom. The predicted molar refractivity (Wildman–Crippen MR) is 101 cm³/mol. The van der Waals surface area contributed by atoms with E-state index in [4.69, 9.17) is 4.98 Å². The Morgan fingerprint density at radius 3 is 2.92 bits per heavy atom. The summed E-state index contributed by atoms with van der Waals surface area (Å²) in [4.78, 5) is 25.2. The third kappa shape index (κ3) is 3.39. The van der Waals surface area contributed by atoms with Crippen molar-refractivity contribution in [1.29, 1.82) is 0 Å². The lowest BCUT2D eigenvalue weighted by Gasteiger charge is -2.31. The number of nitrogens with zero attached hydrogens (tertiary/aromatic N) is 5. The average Bonchev–Trinajstić information content (AvgIpc) is 3.32. The lowest BCUT2D eigenvalue weighted by Crippen LogP contribution is -2.39. The molecule has 1 atom stereocenters. The SMILES string of the molecule is Cc1cc(-c2cccs2)nc(C2CCCN(C(=O)c3ccn(C)n3)C2)n1. The first kappa shape index (κ1) is 16.9. The highest BCUT2D eigenvalue weighted by atomic mass is 32.1. The standard InChI is InChI=1S/C19H21N5OS/c1-13-11-16(17-6-4-10-26-17)21-18(20-13)14-5-3-8-24(12-14)19(25)15-7-9-23(2)22-15/h4,6-7,9-11,14H,3,5,8,12H2,1-2H3. The van der Waals surface area contributed by atoms with Crippen LogP contribution in [0.2, 0.25) is 0 Å². The maximum Gasteiger partial charge on any atom is 0.274 e. The Morgan fingerprint density at radius 1 is 1.31 bits per heavy atom. The van der Waals surface area contributed by atoms with E-state index in [9.17, 15) is 4.79 Å². The highest BCUT2D eigenvalue weighted by molar-refractivity contribution is 7.13. The molecule has 3 aromatic rings. The maximum absolute atomic E-state index is 12.7. The smallest absolute Gasteiger partial charge is 0.274 e. The normalized spacial score (nSPS) is 17.5. The van der Waals surface area contributed by atoms with Crippen molar-refractivity contribution < 1.29 is 4.79 Å². The Kier molecular flexibility index (Phi) is 4.55. The minimum absolute atomic E-state index is 0.0126. The quantitative estimate of drug-likeness (QED) is 0.713. The van der Waals surface area contributed by atoms with Crippen molar-refractivity contribution in [2.45, 2.75) is 25.7 Å². The summed E-state index contributed by atoms with van der Waals surface area (Å²) in [6.07, 6.45) is 3.75. The summed E-state index contributed by atoms with van der Waals surface area (Å²) in [6.45, 7) is 3.40. The van der Waals surface area contributed by atoms with E-state index in [1.165, 1.54) is 0 Å². The summed E-state index contributed by atoms with van der Waals surface area (Å²) in [5, 5.41) is 6.30. The molecule has 1 saturated heterocycles. The molecular weight excluding hydrogens is 346 g/mol. The molecule has 1 unspecified atom stereocenters. The number of hydrogen-bond acceptors (Lipinski definition) is 5. The van der Waals surface area contributed by atoms with Crippen LogP contribution < -0.4 is 0 Å². The fourth-order valence-corrected chi connectivity index (χ4v) is 4.07. The molecule has 4 rings (SSSR count). The van der Waals surface area contributed by atoms with Gasteiger partial charge in [-0.3, -0.25) is 9.48 Å². The van der Waals surface area contributed by atoms with Crippen molar-refractivity contribution in [2.24, 2.45) is 7.05 Å². The minimum atomic E-state index is -0.0126. The van der Waals surface area contributed by atoms with Gasteiger partial charge in [-0.2, -0.15) is 5.10 Å². The highest BCUT2D eigenvalue weighted by Gasteiger charge is 2.28. The second-order valence-electron chi connectivity index (χ2n) is 6.70. The number of aryl methyl sites for hydroxylation is 2. The average molecular weight is 367 g/mol. The summed E-state index contributed by atoms with van der Waals surface area (Å²) in [6, 6.07) is 7.90. The first-order valence-electron chi connectivity index (χ1n) is 8.78. The van der Waals surface area contributed by atoms with Crippen LogP contribution in [0.4, 0.5) is 0 Å². The van der Waals surface area contributed by atoms with Gasteiger partial charge in [0, 0.05) is 37.9 Å². The monoisotopic (exact) mass is 367 g/mol. The van der Waals surface area contributed by atoms with Crippen LogP contribution in [0.5, 0.6) is 0 Å². The van der Waals surface area contributed by atoms with Gasteiger partial charge in [0.15, 0.2) is 0 Å². The molecule has 0 saturated carbocycles. The van der Waals surface area contributed by atoms with Crippen molar-refractivity contribution in [3.8, 4) is 10.6 Å². The summed E-state index contributed by atoms with van der Waals surface area (Å²) in [5.41, 5.74) is 2.43. The van der Waals surface area contributed by atoms with Gasteiger partial charge in [-0.1, -0.05) is 6.07 Å². The van der Waals surface area contributed by atoms with Crippen molar-refractivity contribution in [3.63, 3.8) is 0 Å². The number of carbonyl (C=O) groups is 1. The van der Waals surface area contributed by atoms with E-state index >= 15 is 0 Å². The zero-order chi connectivity index (χ0) is 18.1. The molecule has 0 bridgehead atoms. The van der Waals surface area contributed by atoms with Crippen LogP contribution in [-0.4, -0.2) is 43.6 Å². The number of likely N-dealkylation sites (tertiary alicyclic amines) is 1. The van der Waals surface area contributed by atoms with Crippen LogP contribution in [-0.2, 0) is 7.05 Å². The summed E-state index contributed by atoms with van der Waals surface area (Å²) in [5.74, 6) is 0.989. The molecule has 0 N–H and O–H groups in total. The first-order chi connectivity index (χ1) is 12.6. The molecule has 0 spiro atoms. The van der Waals surface area contributed by atoms with Gasteiger partial charge in [0.25, 0.3) is 5.91 Å². The molecule has 1 aliphatic rings. The van der Waals surface area contributed by atoms with Crippen molar-refractivity contribution in [2.75, 3.05) is 13.1 Å². The number of thiophene rings is 1. The largest absolute Gasteiger partial charge is 0.337 e. The summed E-state index contributed by atoms with van der Waals surface area (Å²) >= 11 is 1.68. The van der Waals surface area contributed by atoms with Crippen LogP contribution in [0.15, 0.2) is 35.8 Å². The maximum atomic E-state index is 12.7. The van der Waals surface area contributed by atoms with Crippen LogP contribution in [0, 0.1) is 6.92 Å². The van der Waals surface area contributed by atoms with Gasteiger partial charge in [-0.15, -0.1) is 11.3 Å². The van der Waals surface area contributed by atoms with Gasteiger partial charge in [-0.05, 0) is 43.3 Å². The molecule has 0 aliphatic carbocycles. The molecule has 26 heavy (non-hydrogen) atoms. The van der Waals surface area contributed by atoms with Crippen LogP contribution in [0.3, 0.4) is 0 Å². The lowest BCUT2D eigenvalue weighted by molar-refractivity contribution is 0.0697. The molecule has 0 aromatic carbocycles. The van der Waals surface area contributed by atoms with E-state index in [0.29, 0.717) is 12.2 Å². The Labute approximate surface area is 156 Å². The van der Waals surface area contributed by atoms with Gasteiger partial charge < -0.3 is 4.90 Å². The molecular formula is C19H21N5OS. The molecule has 4 heterocycles. The summed E-state index contributed by atoms with van der Waals surface area (Å²) < 4.78 is 1.66. The number of amides is 1. The molecule has 134 valence electrons. The van der Waals surface area contributed by atoms with Crippen LogP contribution >= 0.6 is 11.3 Å². The second kappa shape index (κ2) is 6.99. The first-order valence-corrected chi connectivity index (χ1v) is 9.66.